The summed E-state index contributed by atoms with van der Waals surface area (Å²) < 4.78 is 54.1. The highest BCUT2D eigenvalue weighted by molar-refractivity contribution is 7.92. The van der Waals surface area contributed by atoms with Gasteiger partial charge in [-0.15, -0.1) is 0 Å². The molecule has 0 amide bonds. The van der Waals surface area contributed by atoms with Crippen LogP contribution in [0.4, 0.5) is 14.5 Å². The van der Waals surface area contributed by atoms with Crippen LogP contribution in [0.2, 0.25) is 0 Å². The molecule has 0 heterocycles. The molecule has 0 fully saturated rings. The molecule has 0 saturated heterocycles. The molecule has 0 atom stereocenters. The van der Waals surface area contributed by atoms with Crippen LogP contribution in [0, 0.1) is 11.6 Å². The second-order valence-electron chi connectivity index (χ2n) is 5.09. The predicted octanol–water partition coefficient (Wildman–Crippen LogP) is 4.43. The fraction of sp³-hybridized carbons (Fsp3) is 0. The van der Waals surface area contributed by atoms with Gasteiger partial charge < -0.3 is 0 Å². The standard InChI is InChI=1S/C18H13F2NO2S/c19-14-10-11-18(16(20)12-14)24(22,23)21-17-9-5-4-8-15(17)13-6-2-1-3-7-13/h1-12,21H. The fourth-order valence-corrected chi connectivity index (χ4v) is 3.47. The lowest BCUT2D eigenvalue weighted by Crippen LogP contribution is -2.15. The number of sulfonamides is 1. The van der Waals surface area contributed by atoms with Gasteiger partial charge in [0.2, 0.25) is 0 Å². The zero-order chi connectivity index (χ0) is 17.2. The summed E-state index contributed by atoms with van der Waals surface area (Å²) in [4.78, 5) is -0.605. The molecule has 0 saturated carbocycles. The quantitative estimate of drug-likeness (QED) is 0.760. The third-order valence-electron chi connectivity index (χ3n) is 3.44. The Morgan fingerprint density at radius 2 is 1.46 bits per heavy atom. The van der Waals surface area contributed by atoms with Gasteiger partial charge >= 0.3 is 0 Å². The molecule has 3 rings (SSSR count). The minimum Gasteiger partial charge on any atom is -0.279 e. The molecule has 3 nitrogen and oxygen atoms in total. The van der Waals surface area contributed by atoms with E-state index < -0.39 is 26.6 Å². The maximum Gasteiger partial charge on any atom is 0.264 e. The molecule has 0 spiro atoms. The lowest BCUT2D eigenvalue weighted by atomic mass is 10.0. The monoisotopic (exact) mass is 345 g/mol. The highest BCUT2D eigenvalue weighted by atomic mass is 32.2. The Bertz CT molecular complexity index is 973. The van der Waals surface area contributed by atoms with Gasteiger partial charge in [-0.25, -0.2) is 17.2 Å². The van der Waals surface area contributed by atoms with Crippen molar-refractivity contribution in [2.45, 2.75) is 4.90 Å². The van der Waals surface area contributed by atoms with Crippen molar-refractivity contribution in [2.75, 3.05) is 4.72 Å². The van der Waals surface area contributed by atoms with Gasteiger partial charge in [-0.1, -0.05) is 48.5 Å². The Morgan fingerprint density at radius 3 is 2.17 bits per heavy atom. The lowest BCUT2D eigenvalue weighted by Gasteiger charge is -2.13. The van der Waals surface area contributed by atoms with Crippen molar-refractivity contribution in [2.24, 2.45) is 0 Å². The van der Waals surface area contributed by atoms with E-state index >= 15 is 0 Å². The summed E-state index contributed by atoms with van der Waals surface area (Å²) in [6.45, 7) is 0. The molecule has 0 bridgehead atoms. The minimum atomic E-state index is -4.18. The summed E-state index contributed by atoms with van der Waals surface area (Å²) >= 11 is 0. The first kappa shape index (κ1) is 16.1. The van der Waals surface area contributed by atoms with Crippen molar-refractivity contribution in [3.63, 3.8) is 0 Å². The zero-order valence-electron chi connectivity index (χ0n) is 12.4. The van der Waals surface area contributed by atoms with Crippen LogP contribution in [0.3, 0.4) is 0 Å². The maximum absolute atomic E-state index is 13.8. The number of halogens is 2. The summed E-state index contributed by atoms with van der Waals surface area (Å²) in [5, 5.41) is 0. The van der Waals surface area contributed by atoms with Crippen LogP contribution in [-0.4, -0.2) is 8.42 Å². The number of benzene rings is 3. The van der Waals surface area contributed by atoms with Crippen LogP contribution < -0.4 is 4.72 Å². The second kappa shape index (κ2) is 6.41. The predicted molar refractivity (Wildman–Crippen MR) is 89.0 cm³/mol. The lowest BCUT2D eigenvalue weighted by molar-refractivity contribution is 0.551. The Kier molecular flexibility index (Phi) is 4.31. The normalized spacial score (nSPS) is 11.2. The maximum atomic E-state index is 13.8. The topological polar surface area (TPSA) is 46.2 Å². The van der Waals surface area contributed by atoms with Crippen molar-refractivity contribution in [1.29, 1.82) is 0 Å². The van der Waals surface area contributed by atoms with Crippen LogP contribution in [0.1, 0.15) is 0 Å². The van der Waals surface area contributed by atoms with Crippen molar-refractivity contribution >= 4 is 15.7 Å². The number of hydrogen-bond acceptors (Lipinski definition) is 2. The van der Waals surface area contributed by atoms with Crippen LogP contribution in [0.15, 0.2) is 77.7 Å². The van der Waals surface area contributed by atoms with Crippen LogP contribution in [0.5, 0.6) is 0 Å². The van der Waals surface area contributed by atoms with Gasteiger partial charge in [-0.3, -0.25) is 4.72 Å². The first-order valence-electron chi connectivity index (χ1n) is 7.10. The van der Waals surface area contributed by atoms with Gasteiger partial charge in [0, 0.05) is 11.6 Å². The van der Waals surface area contributed by atoms with Gasteiger partial charge in [0.05, 0.1) is 5.69 Å². The molecule has 0 aromatic heterocycles. The van der Waals surface area contributed by atoms with Gasteiger partial charge in [-0.2, -0.15) is 0 Å². The van der Waals surface area contributed by atoms with Crippen molar-refractivity contribution in [1.82, 2.24) is 0 Å². The van der Waals surface area contributed by atoms with E-state index in [1.54, 1.807) is 24.3 Å². The van der Waals surface area contributed by atoms with E-state index in [9.17, 15) is 17.2 Å². The molecular formula is C18H13F2NO2S. The number of para-hydroxylation sites is 1. The van der Waals surface area contributed by atoms with E-state index in [1.807, 2.05) is 30.3 Å². The van der Waals surface area contributed by atoms with E-state index in [2.05, 4.69) is 4.72 Å². The Morgan fingerprint density at radius 1 is 0.792 bits per heavy atom. The summed E-state index contributed by atoms with van der Waals surface area (Å²) in [6, 6.07) is 18.3. The summed E-state index contributed by atoms with van der Waals surface area (Å²) in [6.07, 6.45) is 0. The van der Waals surface area contributed by atoms with Gasteiger partial charge in [0.25, 0.3) is 10.0 Å². The van der Waals surface area contributed by atoms with E-state index in [0.717, 1.165) is 17.7 Å². The Labute approximate surface area is 138 Å². The Balaban J connectivity index is 2.03. The number of hydrogen-bond donors (Lipinski definition) is 1. The molecule has 122 valence electrons. The van der Waals surface area contributed by atoms with Crippen LogP contribution >= 0.6 is 0 Å². The highest BCUT2D eigenvalue weighted by Crippen LogP contribution is 2.29. The number of rotatable bonds is 4. The summed E-state index contributed by atoms with van der Waals surface area (Å²) in [5.41, 5.74) is 1.78. The van der Waals surface area contributed by atoms with Crippen molar-refractivity contribution in [3.05, 3.63) is 84.4 Å². The molecule has 1 N–H and O–H groups in total. The third-order valence-corrected chi connectivity index (χ3v) is 4.84. The Hall–Kier alpha value is -2.73. The fourth-order valence-electron chi connectivity index (χ4n) is 2.33. The highest BCUT2D eigenvalue weighted by Gasteiger charge is 2.21. The number of nitrogens with one attached hydrogen (secondary N) is 1. The molecule has 6 heteroatoms. The first-order valence-corrected chi connectivity index (χ1v) is 8.58. The first-order chi connectivity index (χ1) is 11.5. The number of anilines is 1. The second-order valence-corrected chi connectivity index (χ2v) is 6.74. The smallest absolute Gasteiger partial charge is 0.264 e. The van der Waals surface area contributed by atoms with E-state index in [-0.39, 0.29) is 0 Å². The molecular weight excluding hydrogens is 332 g/mol. The van der Waals surface area contributed by atoms with Crippen molar-refractivity contribution < 1.29 is 17.2 Å². The molecule has 24 heavy (non-hydrogen) atoms. The third kappa shape index (κ3) is 3.28. The molecule has 3 aromatic rings. The average Bonchev–Trinajstić information content (AvgIpc) is 2.55. The van der Waals surface area contributed by atoms with Crippen molar-refractivity contribution in [3.8, 4) is 11.1 Å². The largest absolute Gasteiger partial charge is 0.279 e. The zero-order valence-corrected chi connectivity index (χ0v) is 13.2. The van der Waals surface area contributed by atoms with Gasteiger partial charge in [0.15, 0.2) is 0 Å². The molecule has 0 unspecified atom stereocenters. The van der Waals surface area contributed by atoms with E-state index in [1.165, 1.54) is 0 Å². The molecule has 3 aromatic carbocycles. The molecule has 0 aliphatic rings. The van der Waals surface area contributed by atoms with E-state index in [4.69, 9.17) is 0 Å². The van der Waals surface area contributed by atoms with Gasteiger partial charge in [0.1, 0.15) is 16.5 Å². The molecule has 0 radical (unpaired) electrons. The van der Waals surface area contributed by atoms with E-state index in [0.29, 0.717) is 17.3 Å². The summed E-state index contributed by atoms with van der Waals surface area (Å²) in [5.74, 6) is -1.98. The van der Waals surface area contributed by atoms with Crippen LogP contribution in [-0.2, 0) is 10.0 Å². The molecule has 0 aliphatic carbocycles. The van der Waals surface area contributed by atoms with Crippen LogP contribution in [0.25, 0.3) is 11.1 Å². The van der Waals surface area contributed by atoms with Gasteiger partial charge in [-0.05, 0) is 23.8 Å². The average molecular weight is 345 g/mol. The summed E-state index contributed by atoms with van der Waals surface area (Å²) in [7, 11) is -4.18. The SMILES string of the molecule is O=S(=O)(Nc1ccccc1-c1ccccc1)c1ccc(F)cc1F. The minimum absolute atomic E-state index is 0.312. The molecule has 0 aliphatic heterocycles.